The van der Waals surface area contributed by atoms with Gasteiger partial charge >= 0.3 is 0 Å². The summed E-state index contributed by atoms with van der Waals surface area (Å²) in [5.74, 6) is 0. The van der Waals surface area contributed by atoms with Crippen molar-refractivity contribution in [1.82, 2.24) is 4.57 Å². The summed E-state index contributed by atoms with van der Waals surface area (Å²) in [6.07, 6.45) is 1.78. The van der Waals surface area contributed by atoms with E-state index >= 15 is 0 Å². The van der Waals surface area contributed by atoms with E-state index in [-0.39, 0.29) is 11.1 Å². The molecule has 0 aliphatic carbocycles. The summed E-state index contributed by atoms with van der Waals surface area (Å²) >= 11 is 0. The lowest BCUT2D eigenvalue weighted by atomic mass is 10.1. The van der Waals surface area contributed by atoms with Crippen LogP contribution in [0.4, 0.5) is 0 Å². The van der Waals surface area contributed by atoms with Crippen molar-refractivity contribution in [1.29, 1.82) is 5.26 Å². The molecule has 3 rings (SSSR count). The molecule has 3 aromatic rings. The van der Waals surface area contributed by atoms with E-state index in [1.807, 2.05) is 67.6 Å². The first-order valence-electron chi connectivity index (χ1n) is 6.98. The predicted octanol–water partition coefficient (Wildman–Crippen LogP) is 3.68. The highest BCUT2D eigenvalue weighted by molar-refractivity contribution is 5.64. The van der Waals surface area contributed by atoms with Crippen LogP contribution in [0.5, 0.6) is 0 Å². The quantitative estimate of drug-likeness (QED) is 0.721. The lowest BCUT2D eigenvalue weighted by Crippen LogP contribution is -2.20. The maximum Gasteiger partial charge on any atom is 0.273 e. The van der Waals surface area contributed by atoms with Crippen LogP contribution >= 0.6 is 0 Å². The van der Waals surface area contributed by atoms with Crippen LogP contribution in [0.3, 0.4) is 0 Å². The van der Waals surface area contributed by atoms with Crippen LogP contribution in [0.15, 0.2) is 71.7 Å². The van der Waals surface area contributed by atoms with Crippen molar-refractivity contribution >= 4 is 0 Å². The maximum atomic E-state index is 12.4. The summed E-state index contributed by atoms with van der Waals surface area (Å²) in [6, 6.07) is 21.0. The monoisotopic (exact) mass is 286 g/mol. The van der Waals surface area contributed by atoms with E-state index in [2.05, 4.69) is 0 Å². The summed E-state index contributed by atoms with van der Waals surface area (Å²) < 4.78 is 1.53. The molecule has 0 bridgehead atoms. The van der Waals surface area contributed by atoms with E-state index in [1.165, 1.54) is 4.57 Å². The van der Waals surface area contributed by atoms with Gasteiger partial charge in [0.2, 0.25) is 0 Å². The smallest absolute Gasteiger partial charge is 0.273 e. The fourth-order valence-electron chi connectivity index (χ4n) is 2.35. The average Bonchev–Trinajstić information content (AvgIpc) is 2.57. The van der Waals surface area contributed by atoms with E-state index in [1.54, 1.807) is 12.3 Å². The molecule has 0 aliphatic heterocycles. The standard InChI is InChI=1S/C19H14N2O/c1-14-7-9-18(10-8-14)21-13-17(11-16(12-20)19(21)22)15-5-3-2-4-6-15/h2-11,13H,1H3. The third-order valence-corrected chi connectivity index (χ3v) is 3.56. The van der Waals surface area contributed by atoms with E-state index in [0.29, 0.717) is 0 Å². The molecule has 0 atom stereocenters. The molecule has 0 radical (unpaired) electrons. The molecule has 1 aromatic heterocycles. The first kappa shape index (κ1) is 13.8. The fraction of sp³-hybridized carbons (Fsp3) is 0.0526. The van der Waals surface area contributed by atoms with Crippen LogP contribution in [0, 0.1) is 18.3 Å². The fourth-order valence-corrected chi connectivity index (χ4v) is 2.35. The Bertz CT molecular complexity index is 901. The Morgan fingerprint density at radius 1 is 0.955 bits per heavy atom. The van der Waals surface area contributed by atoms with Crippen molar-refractivity contribution < 1.29 is 0 Å². The van der Waals surface area contributed by atoms with Gasteiger partial charge in [-0.2, -0.15) is 5.26 Å². The molecule has 22 heavy (non-hydrogen) atoms. The summed E-state index contributed by atoms with van der Waals surface area (Å²) in [7, 11) is 0. The number of nitrogens with zero attached hydrogens (tertiary/aromatic N) is 2. The van der Waals surface area contributed by atoms with Crippen molar-refractivity contribution in [3.05, 3.63) is 88.3 Å². The molecular weight excluding hydrogens is 272 g/mol. The van der Waals surface area contributed by atoms with Crippen LogP contribution in [0.2, 0.25) is 0 Å². The van der Waals surface area contributed by atoms with Gasteiger partial charge in [0.1, 0.15) is 11.6 Å². The highest BCUT2D eigenvalue weighted by Gasteiger charge is 2.09. The molecule has 3 heteroatoms. The minimum absolute atomic E-state index is 0.141. The average molecular weight is 286 g/mol. The van der Waals surface area contributed by atoms with E-state index < -0.39 is 0 Å². The van der Waals surface area contributed by atoms with Crippen molar-refractivity contribution in [3.8, 4) is 22.9 Å². The lowest BCUT2D eigenvalue weighted by Gasteiger charge is -2.10. The minimum Gasteiger partial charge on any atom is -0.283 e. The number of hydrogen-bond acceptors (Lipinski definition) is 2. The highest BCUT2D eigenvalue weighted by Crippen LogP contribution is 2.20. The Balaban J connectivity index is 2.24. The van der Waals surface area contributed by atoms with Gasteiger partial charge in [0, 0.05) is 11.9 Å². The summed E-state index contributed by atoms with van der Waals surface area (Å²) in [4.78, 5) is 12.4. The van der Waals surface area contributed by atoms with Gasteiger partial charge in [-0.25, -0.2) is 0 Å². The second kappa shape index (κ2) is 5.71. The maximum absolute atomic E-state index is 12.4. The van der Waals surface area contributed by atoms with Gasteiger partial charge in [0.15, 0.2) is 0 Å². The number of hydrogen-bond donors (Lipinski definition) is 0. The number of aromatic nitrogens is 1. The number of benzene rings is 2. The van der Waals surface area contributed by atoms with Gasteiger partial charge in [-0.05, 0) is 36.2 Å². The summed E-state index contributed by atoms with van der Waals surface area (Å²) in [5.41, 5.74) is 3.53. The van der Waals surface area contributed by atoms with E-state index in [4.69, 9.17) is 0 Å². The molecule has 0 N–H and O–H groups in total. The summed E-state index contributed by atoms with van der Waals surface area (Å²) in [5, 5.41) is 9.24. The molecule has 2 aromatic carbocycles. The zero-order valence-electron chi connectivity index (χ0n) is 12.2. The van der Waals surface area contributed by atoms with Crippen LogP contribution in [-0.2, 0) is 0 Å². The molecule has 3 nitrogen and oxygen atoms in total. The van der Waals surface area contributed by atoms with Gasteiger partial charge in [0.05, 0.1) is 0 Å². The van der Waals surface area contributed by atoms with Crippen LogP contribution in [0.1, 0.15) is 11.1 Å². The molecule has 106 valence electrons. The van der Waals surface area contributed by atoms with E-state index in [9.17, 15) is 10.1 Å². The third-order valence-electron chi connectivity index (χ3n) is 3.56. The largest absolute Gasteiger partial charge is 0.283 e. The normalized spacial score (nSPS) is 10.2. The number of nitriles is 1. The zero-order valence-corrected chi connectivity index (χ0v) is 12.2. The van der Waals surface area contributed by atoms with Crippen LogP contribution in [0.25, 0.3) is 16.8 Å². The molecular formula is C19H14N2O. The number of rotatable bonds is 2. The third kappa shape index (κ3) is 2.55. The molecule has 0 amide bonds. The second-order valence-electron chi connectivity index (χ2n) is 5.13. The van der Waals surface area contributed by atoms with Gasteiger partial charge in [0.25, 0.3) is 5.56 Å². The minimum atomic E-state index is -0.300. The highest BCUT2D eigenvalue weighted by atomic mass is 16.1. The second-order valence-corrected chi connectivity index (χ2v) is 5.13. The first-order chi connectivity index (χ1) is 10.7. The van der Waals surface area contributed by atoms with Crippen molar-refractivity contribution in [2.45, 2.75) is 6.92 Å². The van der Waals surface area contributed by atoms with Gasteiger partial charge < -0.3 is 0 Å². The first-order valence-corrected chi connectivity index (χ1v) is 6.98. The van der Waals surface area contributed by atoms with Gasteiger partial charge in [-0.1, -0.05) is 48.0 Å². The topological polar surface area (TPSA) is 45.8 Å². The number of aryl methyl sites for hydroxylation is 1. The molecule has 0 fully saturated rings. The number of pyridine rings is 1. The van der Waals surface area contributed by atoms with Gasteiger partial charge in [-0.15, -0.1) is 0 Å². The molecule has 0 spiro atoms. The Hall–Kier alpha value is -3.12. The lowest BCUT2D eigenvalue weighted by molar-refractivity contribution is 0.983. The van der Waals surface area contributed by atoms with Crippen molar-refractivity contribution in [2.24, 2.45) is 0 Å². The molecule has 1 heterocycles. The molecule has 0 unspecified atom stereocenters. The Morgan fingerprint density at radius 3 is 2.27 bits per heavy atom. The van der Waals surface area contributed by atoms with Crippen LogP contribution in [-0.4, -0.2) is 4.57 Å². The molecule has 0 saturated heterocycles. The zero-order chi connectivity index (χ0) is 15.5. The van der Waals surface area contributed by atoms with Gasteiger partial charge in [-0.3, -0.25) is 9.36 Å². The predicted molar refractivity (Wildman–Crippen MR) is 86.9 cm³/mol. The molecule has 0 saturated carbocycles. The Labute approximate surface area is 128 Å². The molecule has 0 aliphatic rings. The SMILES string of the molecule is Cc1ccc(-n2cc(-c3ccccc3)cc(C#N)c2=O)cc1. The Morgan fingerprint density at radius 2 is 1.64 bits per heavy atom. The Kier molecular flexibility index (Phi) is 3.59. The van der Waals surface area contributed by atoms with Crippen LogP contribution < -0.4 is 5.56 Å². The van der Waals surface area contributed by atoms with Crippen molar-refractivity contribution in [2.75, 3.05) is 0 Å². The van der Waals surface area contributed by atoms with Crippen molar-refractivity contribution in [3.63, 3.8) is 0 Å². The van der Waals surface area contributed by atoms with E-state index in [0.717, 1.165) is 22.4 Å². The summed E-state index contributed by atoms with van der Waals surface area (Å²) in [6.45, 7) is 1.99.